The van der Waals surface area contributed by atoms with E-state index in [1.807, 2.05) is 42.6 Å². The topological polar surface area (TPSA) is 132 Å². The smallest absolute Gasteiger partial charge is 0.254 e. The second-order valence-electron chi connectivity index (χ2n) is 12.0. The van der Waals surface area contributed by atoms with Crippen LogP contribution in [0.4, 0.5) is 5.69 Å². The van der Waals surface area contributed by atoms with Gasteiger partial charge in [0, 0.05) is 41.3 Å². The van der Waals surface area contributed by atoms with E-state index in [0.717, 1.165) is 48.5 Å². The van der Waals surface area contributed by atoms with Crippen LogP contribution in [0.3, 0.4) is 0 Å². The van der Waals surface area contributed by atoms with E-state index in [9.17, 15) is 23.1 Å². The number of hydrogen-bond donors (Lipinski definition) is 3. The first-order valence-electron chi connectivity index (χ1n) is 15.3. The molecule has 4 atom stereocenters. The molecule has 0 saturated carbocycles. The van der Waals surface area contributed by atoms with Gasteiger partial charge < -0.3 is 20.6 Å². The minimum absolute atomic E-state index is 0.0179. The molecule has 3 N–H and O–H groups in total. The molecular formula is C32H39N5O5S2. The van der Waals surface area contributed by atoms with E-state index in [1.165, 1.54) is 15.6 Å². The number of aryl methyl sites for hydroxylation is 1. The Morgan fingerprint density at radius 2 is 1.89 bits per heavy atom. The average molecular weight is 638 g/mol. The second-order valence-corrected chi connectivity index (χ2v) is 14.9. The molecule has 3 aliphatic rings. The van der Waals surface area contributed by atoms with E-state index in [4.69, 9.17) is 0 Å². The van der Waals surface area contributed by atoms with E-state index < -0.39 is 28.1 Å². The second kappa shape index (κ2) is 13.0. The zero-order valence-electron chi connectivity index (χ0n) is 24.8. The molecule has 0 unspecified atom stereocenters. The van der Waals surface area contributed by atoms with Crippen LogP contribution in [0.5, 0.6) is 0 Å². The Labute approximate surface area is 262 Å². The van der Waals surface area contributed by atoms with Crippen molar-refractivity contribution in [3.63, 3.8) is 0 Å². The number of thiazole rings is 1. The highest BCUT2D eigenvalue weighted by molar-refractivity contribution is 7.93. The van der Waals surface area contributed by atoms with Crippen molar-refractivity contribution in [3.05, 3.63) is 81.3 Å². The first-order chi connectivity index (χ1) is 21.2. The molecule has 2 amide bonds. The number of sulfonamides is 1. The van der Waals surface area contributed by atoms with E-state index in [0.29, 0.717) is 25.1 Å². The Kier molecular flexibility index (Phi) is 9.04. The zero-order valence-corrected chi connectivity index (χ0v) is 26.4. The number of carbonyl (C=O) groups is 2. The Bertz CT molecular complexity index is 1610. The summed E-state index contributed by atoms with van der Waals surface area (Å²) in [6.45, 7) is 3.57. The molecule has 0 spiro atoms. The molecule has 44 heavy (non-hydrogen) atoms. The van der Waals surface area contributed by atoms with Gasteiger partial charge in [-0.15, -0.1) is 11.3 Å². The van der Waals surface area contributed by atoms with Crippen molar-refractivity contribution >= 4 is 38.9 Å². The van der Waals surface area contributed by atoms with Gasteiger partial charge in [-0.25, -0.2) is 13.4 Å². The molecule has 3 saturated heterocycles. The number of hydrogen-bond acceptors (Lipinski definition) is 8. The van der Waals surface area contributed by atoms with Crippen molar-refractivity contribution in [3.8, 4) is 0 Å². The third-order valence-electron chi connectivity index (χ3n) is 8.79. The summed E-state index contributed by atoms with van der Waals surface area (Å²) in [5, 5.41) is 20.6. The summed E-state index contributed by atoms with van der Waals surface area (Å²) >= 11 is 1.53. The molecule has 10 nitrogen and oxygen atoms in total. The lowest BCUT2D eigenvalue weighted by Crippen LogP contribution is -2.52. The minimum Gasteiger partial charge on any atom is -0.389 e. The molecule has 6 rings (SSSR count). The number of aromatic nitrogens is 1. The molecule has 0 bridgehead atoms. The van der Waals surface area contributed by atoms with Gasteiger partial charge in [0.15, 0.2) is 0 Å². The number of nitrogens with one attached hydrogen (secondary N) is 2. The summed E-state index contributed by atoms with van der Waals surface area (Å²) < 4.78 is 27.1. The zero-order chi connectivity index (χ0) is 30.8. The van der Waals surface area contributed by atoms with Crippen LogP contribution in [0, 0.1) is 6.92 Å². The third kappa shape index (κ3) is 6.53. The lowest BCUT2D eigenvalue weighted by Gasteiger charge is -2.29. The number of aliphatic hydroxyl groups is 1. The quantitative estimate of drug-likeness (QED) is 0.328. The summed E-state index contributed by atoms with van der Waals surface area (Å²) in [6.07, 6.45) is 3.43. The summed E-state index contributed by atoms with van der Waals surface area (Å²) in [6, 6.07) is 13.4. The monoisotopic (exact) mass is 637 g/mol. The van der Waals surface area contributed by atoms with Gasteiger partial charge in [0.1, 0.15) is 5.01 Å². The number of anilines is 1. The molecule has 4 heterocycles. The fourth-order valence-corrected chi connectivity index (χ4v) is 9.05. The fraction of sp³-hybridized carbons (Fsp3) is 0.469. The summed E-state index contributed by atoms with van der Waals surface area (Å²) in [5.74, 6) is -0.711. The third-order valence-corrected chi connectivity index (χ3v) is 11.7. The number of likely N-dealkylation sites (tertiary alicyclic amines) is 1. The van der Waals surface area contributed by atoms with Crippen molar-refractivity contribution in [1.29, 1.82) is 0 Å². The first-order valence-corrected chi connectivity index (χ1v) is 17.8. The molecule has 0 aliphatic carbocycles. The maximum absolute atomic E-state index is 14.0. The van der Waals surface area contributed by atoms with Crippen molar-refractivity contribution < 1.29 is 23.1 Å². The molecule has 0 radical (unpaired) electrons. The number of benzene rings is 2. The number of carbonyl (C=O) groups excluding carboxylic acids is 2. The number of nitrogens with zero attached hydrogens (tertiary/aromatic N) is 3. The SMILES string of the molecule is Cc1csc([C@H]2CCCN2C(=O)c2cc(C(=O)N[C@@H](Cc3ccccc3)[C@@H](O)[C@H]3CCCN3)cc(N3CCCS3(=O)=O)c2)n1. The van der Waals surface area contributed by atoms with Crippen molar-refractivity contribution in [2.45, 2.75) is 69.7 Å². The predicted octanol–water partition coefficient (Wildman–Crippen LogP) is 3.42. The Morgan fingerprint density at radius 1 is 1.09 bits per heavy atom. The van der Waals surface area contributed by atoms with Crippen LogP contribution in [-0.4, -0.2) is 78.8 Å². The van der Waals surface area contributed by atoms with Gasteiger partial charge in [0.2, 0.25) is 10.0 Å². The van der Waals surface area contributed by atoms with Crippen LogP contribution in [-0.2, 0) is 16.4 Å². The number of aliphatic hydroxyl groups excluding tert-OH is 1. The molecule has 2 aromatic carbocycles. The lowest BCUT2D eigenvalue weighted by molar-refractivity contribution is 0.0733. The molecular weight excluding hydrogens is 599 g/mol. The minimum atomic E-state index is -3.56. The predicted molar refractivity (Wildman–Crippen MR) is 170 cm³/mol. The standard InChI is InChI=1S/C32H39N5O5S2/c1-21-20-43-31(34-21)28-11-6-13-36(28)32(40)24-17-23(18-25(19-24)37-14-7-15-44(37,41)42)30(39)35-27(16-22-8-3-2-4-9-22)29(38)26-10-5-12-33-26/h2-4,8-9,17-20,26-29,33,38H,5-7,10-16H2,1H3,(H,35,39)/t26-,27+,28-,29+/m1/s1. The van der Waals surface area contributed by atoms with Crippen molar-refractivity contribution in [2.75, 3.05) is 29.7 Å². The Balaban J connectivity index is 1.33. The van der Waals surface area contributed by atoms with E-state index in [-0.39, 0.29) is 41.4 Å². The molecule has 3 aromatic rings. The Hall–Kier alpha value is -3.32. The number of amides is 2. The maximum atomic E-state index is 14.0. The molecule has 3 aliphatic heterocycles. The van der Waals surface area contributed by atoms with Crippen LogP contribution >= 0.6 is 11.3 Å². The van der Waals surface area contributed by atoms with Gasteiger partial charge in [0.25, 0.3) is 11.8 Å². The van der Waals surface area contributed by atoms with Gasteiger partial charge in [-0.3, -0.25) is 13.9 Å². The molecule has 3 fully saturated rings. The number of rotatable bonds is 9. The fourth-order valence-electron chi connectivity index (χ4n) is 6.56. The Morgan fingerprint density at radius 3 is 2.57 bits per heavy atom. The molecule has 12 heteroatoms. The highest BCUT2D eigenvalue weighted by atomic mass is 32.2. The highest BCUT2D eigenvalue weighted by Gasteiger charge is 2.36. The highest BCUT2D eigenvalue weighted by Crippen LogP contribution is 2.36. The van der Waals surface area contributed by atoms with E-state index >= 15 is 0 Å². The lowest BCUT2D eigenvalue weighted by atomic mass is 9.95. The van der Waals surface area contributed by atoms with Crippen molar-refractivity contribution in [1.82, 2.24) is 20.5 Å². The summed E-state index contributed by atoms with van der Waals surface area (Å²) in [7, 11) is -3.56. The van der Waals surface area contributed by atoms with Gasteiger partial charge >= 0.3 is 0 Å². The van der Waals surface area contributed by atoms with Gasteiger partial charge in [-0.1, -0.05) is 30.3 Å². The van der Waals surface area contributed by atoms with Crippen LogP contribution in [0.2, 0.25) is 0 Å². The van der Waals surface area contributed by atoms with E-state index in [2.05, 4.69) is 15.6 Å². The van der Waals surface area contributed by atoms with Gasteiger partial charge in [-0.05, 0) is 75.8 Å². The summed E-state index contributed by atoms with van der Waals surface area (Å²) in [5.41, 5.74) is 2.62. The van der Waals surface area contributed by atoms with E-state index in [1.54, 1.807) is 23.1 Å². The molecule has 234 valence electrons. The van der Waals surface area contributed by atoms with Crippen LogP contribution in [0.25, 0.3) is 0 Å². The normalized spacial score (nSPS) is 22.7. The molecule has 1 aromatic heterocycles. The summed E-state index contributed by atoms with van der Waals surface area (Å²) in [4.78, 5) is 34.4. The van der Waals surface area contributed by atoms with Crippen LogP contribution in [0.1, 0.15) is 75.1 Å². The average Bonchev–Trinajstić information content (AvgIpc) is 3.84. The van der Waals surface area contributed by atoms with Crippen LogP contribution in [0.15, 0.2) is 53.9 Å². The maximum Gasteiger partial charge on any atom is 0.254 e. The largest absolute Gasteiger partial charge is 0.389 e. The van der Waals surface area contributed by atoms with Gasteiger partial charge in [-0.2, -0.15) is 0 Å². The van der Waals surface area contributed by atoms with Gasteiger partial charge in [0.05, 0.1) is 29.6 Å². The van der Waals surface area contributed by atoms with Crippen LogP contribution < -0.4 is 14.9 Å². The first kappa shape index (κ1) is 30.7. The van der Waals surface area contributed by atoms with Crippen molar-refractivity contribution in [2.24, 2.45) is 0 Å².